The Morgan fingerprint density at radius 3 is 2.89 bits per heavy atom. The Kier molecular flexibility index (Phi) is 2.33. The zero-order chi connectivity index (χ0) is 12.2. The molecule has 18 heavy (non-hydrogen) atoms. The normalized spacial score (nSPS) is 46.1. The smallest absolute Gasteiger partial charge is 0.0641 e. The number of rotatable bonds is 1. The van der Waals surface area contributed by atoms with Gasteiger partial charge in [0.2, 0.25) is 0 Å². The first-order valence-electron chi connectivity index (χ1n) is 7.17. The Bertz CT molecular complexity index is 444. The van der Waals surface area contributed by atoms with Gasteiger partial charge in [-0.2, -0.15) is 0 Å². The van der Waals surface area contributed by atoms with Crippen LogP contribution in [0.3, 0.4) is 0 Å². The topological polar surface area (TPSA) is 29.5 Å². The van der Waals surface area contributed by atoms with Gasteiger partial charge in [-0.05, 0) is 30.7 Å². The molecule has 0 bridgehead atoms. The van der Waals surface area contributed by atoms with Gasteiger partial charge in [-0.1, -0.05) is 36.8 Å². The van der Waals surface area contributed by atoms with Crippen molar-refractivity contribution >= 4 is 0 Å². The molecule has 1 aliphatic heterocycles. The van der Waals surface area contributed by atoms with Gasteiger partial charge in [-0.25, -0.2) is 0 Å². The molecule has 1 aromatic rings. The lowest BCUT2D eigenvalue weighted by Crippen LogP contribution is -2.35. The molecule has 0 amide bonds. The summed E-state index contributed by atoms with van der Waals surface area (Å²) in [6.07, 6.45) is 4.82. The van der Waals surface area contributed by atoms with E-state index >= 15 is 0 Å². The molecule has 1 N–H and O–H groups in total. The molecule has 2 heteroatoms. The highest BCUT2D eigenvalue weighted by Gasteiger charge is 2.64. The van der Waals surface area contributed by atoms with Crippen LogP contribution in [0, 0.1) is 11.3 Å². The van der Waals surface area contributed by atoms with Crippen LogP contribution < -0.4 is 0 Å². The van der Waals surface area contributed by atoms with Gasteiger partial charge >= 0.3 is 0 Å². The number of ether oxygens (including phenoxy) is 1. The van der Waals surface area contributed by atoms with Crippen LogP contribution in [0.4, 0.5) is 0 Å². The first-order valence-corrected chi connectivity index (χ1v) is 7.17. The first-order chi connectivity index (χ1) is 8.82. The maximum absolute atomic E-state index is 10.5. The predicted octanol–water partition coefficient (Wildman–Crippen LogP) is 2.72. The van der Waals surface area contributed by atoms with Crippen LogP contribution in [-0.2, 0) is 4.74 Å². The summed E-state index contributed by atoms with van der Waals surface area (Å²) in [5, 5.41) is 10.5. The molecule has 4 rings (SSSR count). The Balaban J connectivity index is 1.81. The molecule has 0 radical (unpaired) electrons. The number of hydrogen-bond donors (Lipinski definition) is 1. The second-order valence-electron chi connectivity index (χ2n) is 6.21. The fourth-order valence-electron chi connectivity index (χ4n) is 4.99. The van der Waals surface area contributed by atoms with Crippen LogP contribution in [-0.4, -0.2) is 23.9 Å². The summed E-state index contributed by atoms with van der Waals surface area (Å²) in [6, 6.07) is 10.6. The maximum Gasteiger partial charge on any atom is 0.0641 e. The predicted molar refractivity (Wildman–Crippen MR) is 69.3 cm³/mol. The standard InChI is InChI=1S/C16H20O2/c17-13-9-12-10-18-14-7-4-8-16(12,14)15(13)11-5-2-1-3-6-11/h1-3,5-6,12-15,17H,4,7-10H2/t12-,13-,14+,15-,16+/m1/s1. The van der Waals surface area contributed by atoms with E-state index in [0.717, 1.165) is 13.0 Å². The molecule has 0 unspecified atom stereocenters. The highest BCUT2D eigenvalue weighted by atomic mass is 16.5. The molecule has 1 saturated heterocycles. The van der Waals surface area contributed by atoms with Gasteiger partial charge in [0.15, 0.2) is 0 Å². The van der Waals surface area contributed by atoms with Gasteiger partial charge < -0.3 is 9.84 Å². The van der Waals surface area contributed by atoms with Gasteiger partial charge in [0.1, 0.15) is 0 Å². The number of benzene rings is 1. The third kappa shape index (κ3) is 1.25. The van der Waals surface area contributed by atoms with E-state index in [4.69, 9.17) is 4.74 Å². The van der Waals surface area contributed by atoms with E-state index in [1.807, 2.05) is 0 Å². The Labute approximate surface area is 108 Å². The van der Waals surface area contributed by atoms with Gasteiger partial charge in [-0.15, -0.1) is 0 Å². The van der Waals surface area contributed by atoms with Crippen molar-refractivity contribution in [2.24, 2.45) is 11.3 Å². The third-order valence-electron chi connectivity index (χ3n) is 5.58. The van der Waals surface area contributed by atoms with Gasteiger partial charge in [0, 0.05) is 11.3 Å². The second-order valence-corrected chi connectivity index (χ2v) is 6.21. The van der Waals surface area contributed by atoms with E-state index in [1.54, 1.807) is 0 Å². The van der Waals surface area contributed by atoms with Crippen molar-refractivity contribution in [1.29, 1.82) is 0 Å². The summed E-state index contributed by atoms with van der Waals surface area (Å²) >= 11 is 0. The SMILES string of the molecule is O[C@@H]1C[C@@H]2CO[C@H]3CCC[C@]23[C@@H]1c1ccccc1. The lowest BCUT2D eigenvalue weighted by molar-refractivity contribution is 0.0323. The Morgan fingerprint density at radius 2 is 2.06 bits per heavy atom. The largest absolute Gasteiger partial charge is 0.392 e. The Hall–Kier alpha value is -0.860. The molecule has 1 heterocycles. The van der Waals surface area contributed by atoms with Crippen LogP contribution in [0.2, 0.25) is 0 Å². The lowest BCUT2D eigenvalue weighted by Gasteiger charge is -2.35. The average molecular weight is 244 g/mol. The highest BCUT2D eigenvalue weighted by molar-refractivity contribution is 5.29. The van der Waals surface area contributed by atoms with E-state index in [2.05, 4.69) is 30.3 Å². The number of aliphatic hydroxyl groups excluding tert-OH is 1. The molecule has 2 saturated carbocycles. The third-order valence-corrected chi connectivity index (χ3v) is 5.58. The summed E-state index contributed by atoms with van der Waals surface area (Å²) in [4.78, 5) is 0. The van der Waals surface area contributed by atoms with Crippen LogP contribution >= 0.6 is 0 Å². The summed E-state index contributed by atoms with van der Waals surface area (Å²) < 4.78 is 6.02. The molecule has 2 nitrogen and oxygen atoms in total. The summed E-state index contributed by atoms with van der Waals surface area (Å²) in [7, 11) is 0. The monoisotopic (exact) mass is 244 g/mol. The van der Waals surface area contributed by atoms with Crippen molar-refractivity contribution in [3.8, 4) is 0 Å². The van der Waals surface area contributed by atoms with Crippen molar-refractivity contribution in [3.63, 3.8) is 0 Å². The fraction of sp³-hybridized carbons (Fsp3) is 0.625. The minimum Gasteiger partial charge on any atom is -0.392 e. The van der Waals surface area contributed by atoms with Crippen LogP contribution in [0.1, 0.15) is 37.2 Å². The molecule has 96 valence electrons. The molecular weight excluding hydrogens is 224 g/mol. The van der Waals surface area contributed by atoms with E-state index in [-0.39, 0.29) is 11.5 Å². The van der Waals surface area contributed by atoms with E-state index < -0.39 is 0 Å². The molecule has 1 aromatic carbocycles. The second kappa shape index (κ2) is 3.82. The van der Waals surface area contributed by atoms with Crippen molar-refractivity contribution < 1.29 is 9.84 Å². The summed E-state index contributed by atoms with van der Waals surface area (Å²) in [5.41, 5.74) is 1.55. The number of aliphatic hydroxyl groups is 1. The minimum absolute atomic E-state index is 0.179. The first kappa shape index (κ1) is 11.0. The summed E-state index contributed by atoms with van der Waals surface area (Å²) in [5.74, 6) is 0.865. The molecule has 2 aliphatic carbocycles. The van der Waals surface area contributed by atoms with E-state index in [0.29, 0.717) is 17.9 Å². The van der Waals surface area contributed by atoms with Crippen molar-refractivity contribution in [2.75, 3.05) is 6.61 Å². The molecule has 5 atom stereocenters. The average Bonchev–Trinajstić information content (AvgIpc) is 2.99. The van der Waals surface area contributed by atoms with Crippen molar-refractivity contribution in [2.45, 2.75) is 43.8 Å². The quantitative estimate of drug-likeness (QED) is 0.823. The van der Waals surface area contributed by atoms with E-state index in [9.17, 15) is 5.11 Å². The van der Waals surface area contributed by atoms with Crippen LogP contribution in [0.25, 0.3) is 0 Å². The zero-order valence-corrected chi connectivity index (χ0v) is 10.6. The highest BCUT2D eigenvalue weighted by Crippen LogP contribution is 2.65. The molecule has 3 fully saturated rings. The fourth-order valence-corrected chi connectivity index (χ4v) is 4.99. The summed E-state index contributed by atoms with van der Waals surface area (Å²) in [6.45, 7) is 0.866. The molecule has 0 aromatic heterocycles. The van der Waals surface area contributed by atoms with Crippen molar-refractivity contribution in [3.05, 3.63) is 35.9 Å². The van der Waals surface area contributed by atoms with Crippen molar-refractivity contribution in [1.82, 2.24) is 0 Å². The Morgan fingerprint density at radius 1 is 1.22 bits per heavy atom. The maximum atomic E-state index is 10.5. The van der Waals surface area contributed by atoms with Crippen LogP contribution in [0.15, 0.2) is 30.3 Å². The number of hydrogen-bond acceptors (Lipinski definition) is 2. The van der Waals surface area contributed by atoms with Gasteiger partial charge in [0.05, 0.1) is 18.8 Å². The van der Waals surface area contributed by atoms with Gasteiger partial charge in [0.25, 0.3) is 0 Å². The van der Waals surface area contributed by atoms with E-state index in [1.165, 1.54) is 24.8 Å². The molecule has 3 aliphatic rings. The zero-order valence-electron chi connectivity index (χ0n) is 10.6. The van der Waals surface area contributed by atoms with Gasteiger partial charge in [-0.3, -0.25) is 0 Å². The molecule has 1 spiro atoms. The minimum atomic E-state index is -0.179. The molecular formula is C16H20O2. The van der Waals surface area contributed by atoms with Crippen LogP contribution in [0.5, 0.6) is 0 Å². The lowest BCUT2D eigenvalue weighted by atomic mass is 9.68.